The Balaban J connectivity index is -0.000000218. The molecule has 0 aromatic rings. The first kappa shape index (κ1) is 17.6. The molecule has 0 aliphatic rings. The van der Waals surface area contributed by atoms with Gasteiger partial charge in [-0.3, -0.25) is 4.79 Å². The number of carboxylic acids is 2. The molecule has 0 saturated heterocycles. The Bertz CT molecular complexity index is 168. The average molecular weight is 192 g/mol. The lowest BCUT2D eigenvalue weighted by Gasteiger charge is -1.91. The number of hydrogen-bond acceptors (Lipinski definition) is 4. The summed E-state index contributed by atoms with van der Waals surface area (Å²) >= 11 is 0. The third kappa shape index (κ3) is 18.0. The van der Waals surface area contributed by atoms with Crippen molar-refractivity contribution in [2.45, 2.75) is 6.42 Å². The van der Waals surface area contributed by atoms with Crippen LogP contribution < -0.4 is 11.5 Å². The highest BCUT2D eigenvalue weighted by atomic mass is 16.4. The SMILES string of the molecule is C=C(CC(=O)O)C(=O)O.CN.CN. The van der Waals surface area contributed by atoms with Gasteiger partial charge in [-0.1, -0.05) is 6.58 Å². The molecule has 0 atom stereocenters. The zero-order chi connectivity index (χ0) is 11.4. The van der Waals surface area contributed by atoms with Gasteiger partial charge in [-0.15, -0.1) is 0 Å². The Kier molecular flexibility index (Phi) is 17.9. The molecular formula is C7H16N2O4. The normalized spacial score (nSPS) is 6.77. The number of hydrogen-bond donors (Lipinski definition) is 4. The van der Waals surface area contributed by atoms with E-state index in [1.807, 2.05) is 0 Å². The second-order valence-corrected chi connectivity index (χ2v) is 1.48. The fourth-order valence-corrected chi connectivity index (χ4v) is 0.258. The molecule has 0 aliphatic heterocycles. The van der Waals surface area contributed by atoms with E-state index in [9.17, 15) is 9.59 Å². The predicted octanol–water partition coefficient (Wildman–Crippen LogP) is -0.748. The molecule has 0 aromatic heterocycles. The van der Waals surface area contributed by atoms with Crippen LogP contribution in [-0.2, 0) is 9.59 Å². The third-order valence-corrected chi connectivity index (χ3v) is 0.667. The predicted molar refractivity (Wildman–Crippen MR) is 49.3 cm³/mol. The molecule has 6 N–H and O–H groups in total. The van der Waals surface area contributed by atoms with Crippen LogP contribution in [0.25, 0.3) is 0 Å². The second kappa shape index (κ2) is 13.2. The molecule has 0 aromatic carbocycles. The van der Waals surface area contributed by atoms with Gasteiger partial charge in [0.25, 0.3) is 0 Å². The maximum Gasteiger partial charge on any atom is 0.331 e. The maximum absolute atomic E-state index is 9.87. The molecule has 0 saturated carbocycles. The highest BCUT2D eigenvalue weighted by Crippen LogP contribution is 1.95. The van der Waals surface area contributed by atoms with Crippen molar-refractivity contribution in [3.8, 4) is 0 Å². The Morgan fingerprint density at radius 2 is 1.46 bits per heavy atom. The van der Waals surface area contributed by atoms with Crippen molar-refractivity contribution in [2.75, 3.05) is 14.1 Å². The van der Waals surface area contributed by atoms with E-state index in [1.165, 1.54) is 14.1 Å². The molecule has 6 nitrogen and oxygen atoms in total. The molecule has 0 spiro atoms. The lowest BCUT2D eigenvalue weighted by molar-refractivity contribution is -0.139. The standard InChI is InChI=1S/C5H6O4.2CH5N/c1-3(5(8)9)2-4(6)7;2*1-2/h1-2H2,(H,6,7)(H,8,9);2*2H2,1H3. The number of carbonyl (C=O) groups is 2. The summed E-state index contributed by atoms with van der Waals surface area (Å²) in [6.45, 7) is 3.01. The van der Waals surface area contributed by atoms with Gasteiger partial charge in [0.2, 0.25) is 0 Å². The van der Waals surface area contributed by atoms with Crippen LogP contribution in [0.2, 0.25) is 0 Å². The number of carboxylic acid groups (broad SMARTS) is 2. The fourth-order valence-electron chi connectivity index (χ4n) is 0.258. The number of aliphatic carboxylic acids is 2. The van der Waals surface area contributed by atoms with Crippen LogP contribution >= 0.6 is 0 Å². The first-order valence-corrected chi connectivity index (χ1v) is 3.32. The van der Waals surface area contributed by atoms with Gasteiger partial charge in [0.1, 0.15) is 0 Å². The van der Waals surface area contributed by atoms with Crippen molar-refractivity contribution in [3.63, 3.8) is 0 Å². The highest BCUT2D eigenvalue weighted by Gasteiger charge is 2.07. The van der Waals surface area contributed by atoms with Crippen LogP contribution in [0, 0.1) is 0 Å². The lowest BCUT2D eigenvalue weighted by atomic mass is 10.2. The van der Waals surface area contributed by atoms with Crippen LogP contribution in [0.3, 0.4) is 0 Å². The van der Waals surface area contributed by atoms with Gasteiger partial charge < -0.3 is 21.7 Å². The van der Waals surface area contributed by atoms with Crippen molar-refractivity contribution in [3.05, 3.63) is 12.2 Å². The van der Waals surface area contributed by atoms with Crippen molar-refractivity contribution in [2.24, 2.45) is 11.5 Å². The Hall–Kier alpha value is -1.40. The minimum atomic E-state index is -1.27. The van der Waals surface area contributed by atoms with E-state index in [2.05, 4.69) is 18.0 Å². The number of rotatable bonds is 3. The Morgan fingerprint density at radius 1 is 1.15 bits per heavy atom. The molecule has 6 heteroatoms. The molecule has 0 unspecified atom stereocenters. The topological polar surface area (TPSA) is 127 Å². The molecular weight excluding hydrogens is 176 g/mol. The first-order valence-electron chi connectivity index (χ1n) is 3.32. The third-order valence-electron chi connectivity index (χ3n) is 0.667. The first-order chi connectivity index (χ1) is 6.04. The quantitative estimate of drug-likeness (QED) is 0.436. The minimum Gasteiger partial charge on any atom is -0.481 e. The molecule has 78 valence electrons. The fraction of sp³-hybridized carbons (Fsp3) is 0.429. The number of nitrogens with two attached hydrogens (primary N) is 2. The van der Waals surface area contributed by atoms with Crippen molar-refractivity contribution in [1.82, 2.24) is 0 Å². The van der Waals surface area contributed by atoms with Crippen LogP contribution in [0.15, 0.2) is 12.2 Å². The molecule has 0 radical (unpaired) electrons. The zero-order valence-corrected chi connectivity index (χ0v) is 7.78. The minimum absolute atomic E-state index is 0.303. The smallest absolute Gasteiger partial charge is 0.331 e. The monoisotopic (exact) mass is 192 g/mol. The Morgan fingerprint density at radius 3 is 1.54 bits per heavy atom. The summed E-state index contributed by atoms with van der Waals surface area (Å²) in [7, 11) is 3.00. The average Bonchev–Trinajstić information content (AvgIpc) is 2.10. The molecule has 0 amide bonds. The molecule has 0 aliphatic carbocycles. The van der Waals surface area contributed by atoms with Gasteiger partial charge in [-0.2, -0.15) is 0 Å². The van der Waals surface area contributed by atoms with E-state index in [0.717, 1.165) is 0 Å². The van der Waals surface area contributed by atoms with E-state index >= 15 is 0 Å². The van der Waals surface area contributed by atoms with Gasteiger partial charge >= 0.3 is 11.9 Å². The van der Waals surface area contributed by atoms with E-state index in [1.54, 1.807) is 0 Å². The summed E-state index contributed by atoms with van der Waals surface area (Å²) in [4.78, 5) is 19.7. The van der Waals surface area contributed by atoms with Gasteiger partial charge in [0, 0.05) is 5.57 Å². The molecule has 0 heterocycles. The van der Waals surface area contributed by atoms with Crippen LogP contribution in [0.4, 0.5) is 0 Å². The summed E-state index contributed by atoms with van der Waals surface area (Å²) in [5.74, 6) is -2.44. The lowest BCUT2D eigenvalue weighted by Crippen LogP contribution is -2.04. The molecule has 0 rings (SSSR count). The second-order valence-electron chi connectivity index (χ2n) is 1.48. The van der Waals surface area contributed by atoms with E-state index in [4.69, 9.17) is 10.2 Å². The van der Waals surface area contributed by atoms with E-state index in [0.29, 0.717) is 0 Å². The van der Waals surface area contributed by atoms with Crippen molar-refractivity contribution >= 4 is 11.9 Å². The summed E-state index contributed by atoms with van der Waals surface area (Å²) in [5.41, 5.74) is 8.70. The summed E-state index contributed by atoms with van der Waals surface area (Å²) in [5, 5.41) is 16.1. The Labute approximate surface area is 76.8 Å². The molecule has 0 bridgehead atoms. The van der Waals surface area contributed by atoms with Gasteiger partial charge in [-0.05, 0) is 14.1 Å². The van der Waals surface area contributed by atoms with Crippen LogP contribution in [-0.4, -0.2) is 36.2 Å². The van der Waals surface area contributed by atoms with Gasteiger partial charge in [-0.25, -0.2) is 4.79 Å². The van der Waals surface area contributed by atoms with Gasteiger partial charge in [0.05, 0.1) is 6.42 Å². The molecule has 13 heavy (non-hydrogen) atoms. The summed E-state index contributed by atoms with van der Waals surface area (Å²) < 4.78 is 0. The van der Waals surface area contributed by atoms with Crippen LogP contribution in [0.1, 0.15) is 6.42 Å². The van der Waals surface area contributed by atoms with Crippen molar-refractivity contribution < 1.29 is 19.8 Å². The summed E-state index contributed by atoms with van der Waals surface area (Å²) in [6.07, 6.45) is -0.505. The zero-order valence-electron chi connectivity index (χ0n) is 7.78. The molecule has 0 fully saturated rings. The van der Waals surface area contributed by atoms with E-state index in [-0.39, 0.29) is 5.57 Å². The van der Waals surface area contributed by atoms with Crippen LogP contribution in [0.5, 0.6) is 0 Å². The highest BCUT2D eigenvalue weighted by molar-refractivity contribution is 5.91. The van der Waals surface area contributed by atoms with Gasteiger partial charge in [0.15, 0.2) is 0 Å². The van der Waals surface area contributed by atoms with E-state index < -0.39 is 18.4 Å². The maximum atomic E-state index is 9.87. The largest absolute Gasteiger partial charge is 0.481 e. The van der Waals surface area contributed by atoms with Crippen molar-refractivity contribution in [1.29, 1.82) is 0 Å². The summed E-state index contributed by atoms with van der Waals surface area (Å²) in [6, 6.07) is 0.